The molecule has 1 saturated heterocycles. The first-order valence-corrected chi connectivity index (χ1v) is 7.92. The molecule has 2 heterocycles. The number of aryl methyl sites for hydroxylation is 2. The average Bonchev–Trinajstić information content (AvgIpc) is 3.11. The van der Waals surface area contributed by atoms with Crippen LogP contribution in [0.2, 0.25) is 0 Å². The number of nitro benzene ring substituents is 1. The zero-order valence-electron chi connectivity index (χ0n) is 14.0. The van der Waals surface area contributed by atoms with Crippen LogP contribution in [-0.2, 0) is 4.74 Å². The summed E-state index contributed by atoms with van der Waals surface area (Å²) in [7, 11) is 0. The number of amides is 2. The topological polar surface area (TPSA) is 97.9 Å². The number of hydrogen-bond acceptors (Lipinski definition) is 5. The predicted octanol–water partition coefficient (Wildman–Crippen LogP) is 3.41. The third-order valence-corrected chi connectivity index (χ3v) is 4.20. The van der Waals surface area contributed by atoms with Crippen LogP contribution >= 0.6 is 0 Å². The van der Waals surface area contributed by atoms with Crippen molar-refractivity contribution >= 4 is 17.4 Å². The highest BCUT2D eigenvalue weighted by molar-refractivity contribution is 5.90. The molecule has 0 bridgehead atoms. The van der Waals surface area contributed by atoms with Crippen LogP contribution in [0, 0.1) is 24.0 Å². The molecule has 1 atom stereocenters. The molecule has 1 N–H and O–H groups in total. The van der Waals surface area contributed by atoms with Crippen molar-refractivity contribution in [2.24, 2.45) is 0 Å². The Morgan fingerprint density at radius 3 is 2.84 bits per heavy atom. The zero-order chi connectivity index (χ0) is 18.0. The van der Waals surface area contributed by atoms with E-state index in [0.717, 1.165) is 5.56 Å². The van der Waals surface area contributed by atoms with Gasteiger partial charge in [0, 0.05) is 18.2 Å². The van der Waals surface area contributed by atoms with Crippen molar-refractivity contribution in [3.63, 3.8) is 0 Å². The summed E-state index contributed by atoms with van der Waals surface area (Å²) in [5.74, 6) is 0.666. The van der Waals surface area contributed by atoms with E-state index in [1.165, 1.54) is 6.07 Å². The summed E-state index contributed by atoms with van der Waals surface area (Å²) in [5, 5.41) is 13.9. The Morgan fingerprint density at radius 1 is 1.36 bits per heavy atom. The maximum absolute atomic E-state index is 12.6. The first-order valence-electron chi connectivity index (χ1n) is 7.92. The highest BCUT2D eigenvalue weighted by Gasteiger charge is 2.27. The first kappa shape index (κ1) is 17.0. The third kappa shape index (κ3) is 3.63. The molecule has 1 fully saturated rings. The molecule has 2 amide bonds. The van der Waals surface area contributed by atoms with Crippen LogP contribution in [0.1, 0.15) is 23.0 Å². The smallest absolute Gasteiger partial charge is 0.322 e. The Hall–Kier alpha value is -2.87. The Morgan fingerprint density at radius 2 is 2.16 bits per heavy atom. The van der Waals surface area contributed by atoms with Gasteiger partial charge in [-0.15, -0.1) is 0 Å². The second-order valence-electron chi connectivity index (χ2n) is 5.96. The van der Waals surface area contributed by atoms with Gasteiger partial charge in [-0.25, -0.2) is 4.79 Å². The van der Waals surface area contributed by atoms with E-state index in [9.17, 15) is 14.9 Å². The number of hydrogen-bond donors (Lipinski definition) is 1. The normalized spacial score (nSPS) is 17.4. The number of carbonyl (C=O) groups excluding carboxylic acids is 1. The van der Waals surface area contributed by atoms with E-state index in [-0.39, 0.29) is 17.8 Å². The fourth-order valence-corrected chi connectivity index (χ4v) is 2.85. The van der Waals surface area contributed by atoms with Crippen molar-refractivity contribution in [2.75, 3.05) is 25.0 Å². The van der Waals surface area contributed by atoms with Crippen LogP contribution in [-0.4, -0.2) is 35.6 Å². The molecule has 1 aromatic carbocycles. The van der Waals surface area contributed by atoms with Crippen LogP contribution in [0.5, 0.6) is 0 Å². The number of urea groups is 1. The second kappa shape index (κ2) is 6.94. The van der Waals surface area contributed by atoms with Gasteiger partial charge in [0.1, 0.15) is 11.9 Å². The van der Waals surface area contributed by atoms with Crippen LogP contribution in [0.3, 0.4) is 0 Å². The van der Waals surface area contributed by atoms with Crippen LogP contribution in [0.4, 0.5) is 16.2 Å². The van der Waals surface area contributed by atoms with Crippen molar-refractivity contribution in [1.29, 1.82) is 0 Å². The molecule has 1 aliphatic rings. The van der Waals surface area contributed by atoms with E-state index in [0.29, 0.717) is 36.7 Å². The summed E-state index contributed by atoms with van der Waals surface area (Å²) in [6.07, 6.45) is 1.25. The zero-order valence-corrected chi connectivity index (χ0v) is 14.0. The van der Waals surface area contributed by atoms with Gasteiger partial charge >= 0.3 is 6.03 Å². The molecule has 8 nitrogen and oxygen atoms in total. The maximum atomic E-state index is 12.6. The molecule has 0 radical (unpaired) electrons. The fourth-order valence-electron chi connectivity index (χ4n) is 2.85. The van der Waals surface area contributed by atoms with E-state index >= 15 is 0 Å². The standard InChI is InChI=1S/C17H19N3O5/c1-11-8-12(2)14(20(22)23)9-13(11)18-17(21)19-5-7-25-16(10-19)15-4-3-6-24-15/h3-4,6,8-9,16H,5,7,10H2,1-2H3,(H,18,21)/t16-/m0/s1. The minimum atomic E-state index is -0.452. The van der Waals surface area contributed by atoms with Gasteiger partial charge in [-0.3, -0.25) is 10.1 Å². The van der Waals surface area contributed by atoms with E-state index in [1.807, 2.05) is 0 Å². The Labute approximate surface area is 144 Å². The molecule has 0 spiro atoms. The minimum Gasteiger partial charge on any atom is -0.467 e. The number of nitrogens with one attached hydrogen (secondary N) is 1. The summed E-state index contributed by atoms with van der Waals surface area (Å²) >= 11 is 0. The number of nitro groups is 1. The monoisotopic (exact) mass is 345 g/mol. The SMILES string of the molecule is Cc1cc(C)c([N+](=O)[O-])cc1NC(=O)N1CCO[C@H](c2ccco2)C1. The number of anilines is 1. The van der Waals surface area contributed by atoms with E-state index < -0.39 is 4.92 Å². The molecule has 132 valence electrons. The number of carbonyl (C=O) groups is 1. The number of ether oxygens (including phenoxy) is 1. The summed E-state index contributed by atoms with van der Waals surface area (Å²) in [6, 6.07) is 6.35. The molecule has 0 unspecified atom stereocenters. The number of benzene rings is 1. The van der Waals surface area contributed by atoms with Crippen LogP contribution < -0.4 is 5.32 Å². The van der Waals surface area contributed by atoms with Gasteiger partial charge in [0.05, 0.1) is 30.0 Å². The van der Waals surface area contributed by atoms with E-state index in [2.05, 4.69) is 5.32 Å². The van der Waals surface area contributed by atoms with Gasteiger partial charge in [0.25, 0.3) is 5.69 Å². The maximum Gasteiger partial charge on any atom is 0.322 e. The van der Waals surface area contributed by atoms with Gasteiger partial charge in [-0.2, -0.15) is 0 Å². The lowest BCUT2D eigenvalue weighted by Gasteiger charge is -2.32. The van der Waals surface area contributed by atoms with Crippen LogP contribution in [0.15, 0.2) is 34.9 Å². The molecule has 0 saturated carbocycles. The molecule has 8 heteroatoms. The summed E-state index contributed by atoms with van der Waals surface area (Å²) in [5.41, 5.74) is 1.75. The number of rotatable bonds is 3. The van der Waals surface area contributed by atoms with Gasteiger partial charge < -0.3 is 19.4 Å². The summed E-state index contributed by atoms with van der Waals surface area (Å²) in [4.78, 5) is 24.8. The Kier molecular flexibility index (Phi) is 4.71. The molecular formula is C17H19N3O5. The lowest BCUT2D eigenvalue weighted by molar-refractivity contribution is -0.385. The van der Waals surface area contributed by atoms with Crippen molar-refractivity contribution in [3.8, 4) is 0 Å². The summed E-state index contributed by atoms with van der Waals surface area (Å²) in [6.45, 7) is 4.66. The molecule has 1 aliphatic heterocycles. The molecule has 1 aromatic heterocycles. The lowest BCUT2D eigenvalue weighted by Crippen LogP contribution is -2.44. The van der Waals surface area contributed by atoms with Crippen molar-refractivity contribution in [1.82, 2.24) is 4.90 Å². The van der Waals surface area contributed by atoms with Crippen molar-refractivity contribution in [2.45, 2.75) is 20.0 Å². The third-order valence-electron chi connectivity index (χ3n) is 4.20. The van der Waals surface area contributed by atoms with E-state index in [1.54, 1.807) is 43.2 Å². The largest absolute Gasteiger partial charge is 0.467 e. The highest BCUT2D eigenvalue weighted by atomic mass is 16.6. The Bertz CT molecular complexity index is 788. The quantitative estimate of drug-likeness (QED) is 0.679. The minimum absolute atomic E-state index is 0.0173. The fraction of sp³-hybridized carbons (Fsp3) is 0.353. The van der Waals surface area contributed by atoms with Crippen molar-refractivity contribution < 1.29 is 18.9 Å². The second-order valence-corrected chi connectivity index (χ2v) is 5.96. The first-order chi connectivity index (χ1) is 12.0. The number of morpholine rings is 1. The number of nitrogens with zero attached hydrogens (tertiary/aromatic N) is 2. The average molecular weight is 345 g/mol. The molecular weight excluding hydrogens is 326 g/mol. The molecule has 0 aliphatic carbocycles. The van der Waals surface area contributed by atoms with Crippen LogP contribution in [0.25, 0.3) is 0 Å². The van der Waals surface area contributed by atoms with Gasteiger partial charge in [-0.1, -0.05) is 0 Å². The van der Waals surface area contributed by atoms with E-state index in [4.69, 9.17) is 9.15 Å². The van der Waals surface area contributed by atoms with Gasteiger partial charge in [0.2, 0.25) is 0 Å². The molecule has 2 aromatic rings. The summed E-state index contributed by atoms with van der Waals surface area (Å²) < 4.78 is 11.0. The molecule has 25 heavy (non-hydrogen) atoms. The lowest BCUT2D eigenvalue weighted by atomic mass is 10.1. The Balaban J connectivity index is 1.74. The predicted molar refractivity (Wildman–Crippen MR) is 90.6 cm³/mol. The van der Waals surface area contributed by atoms with Gasteiger partial charge in [0.15, 0.2) is 0 Å². The highest BCUT2D eigenvalue weighted by Crippen LogP contribution is 2.27. The number of furan rings is 1. The molecule has 3 rings (SSSR count). The van der Waals surface area contributed by atoms with Gasteiger partial charge in [-0.05, 0) is 37.6 Å². The van der Waals surface area contributed by atoms with Crippen molar-refractivity contribution in [3.05, 3.63) is 57.5 Å².